The standard InChI is InChI=1S/C83H58N2/c1-81(2)73-36-17-12-35-69(73)70-54-64(47-48-74(70)81)84(63-30-22-27-59(52-63)82(57-23-6-3-7-24-57)75-37-18-13-31-65(75)66-32-14-19-38-76(66)82)62-45-41-55(42-46-62)56-43-49-79-71(51-56)72-53-60(44-50-80(72)85(79)61-28-10-5-11-29-61)83(58-25-8-4-9-26-58)77-39-20-15-33-67(77)68-34-16-21-40-78(68)83/h3-54H,1-2H3. The summed E-state index contributed by atoms with van der Waals surface area (Å²) in [4.78, 5) is 2.48. The summed E-state index contributed by atoms with van der Waals surface area (Å²) >= 11 is 0. The third-order valence-corrected chi connectivity index (χ3v) is 19.4. The second-order valence-electron chi connectivity index (χ2n) is 23.9. The summed E-state index contributed by atoms with van der Waals surface area (Å²) < 4.78 is 2.44. The molecule has 0 bridgehead atoms. The van der Waals surface area contributed by atoms with Gasteiger partial charge in [-0.2, -0.15) is 0 Å². The number of fused-ring (bicyclic) bond motifs is 12. The van der Waals surface area contributed by atoms with Crippen LogP contribution in [0.2, 0.25) is 0 Å². The molecule has 1 heterocycles. The maximum absolute atomic E-state index is 2.50. The van der Waals surface area contributed by atoms with Crippen LogP contribution in [0.1, 0.15) is 69.5 Å². The molecule has 0 saturated heterocycles. The summed E-state index contributed by atoms with van der Waals surface area (Å²) in [5, 5.41) is 2.44. The highest BCUT2D eigenvalue weighted by Crippen LogP contribution is 2.59. The molecule has 400 valence electrons. The Labute approximate surface area is 496 Å². The molecule has 3 aliphatic carbocycles. The van der Waals surface area contributed by atoms with Gasteiger partial charge < -0.3 is 9.47 Å². The first-order valence-electron chi connectivity index (χ1n) is 29.8. The quantitative estimate of drug-likeness (QED) is 0.140. The molecule has 0 N–H and O–H groups in total. The summed E-state index contributed by atoms with van der Waals surface area (Å²) in [5.41, 5.74) is 28.6. The van der Waals surface area contributed by atoms with Gasteiger partial charge in [0.1, 0.15) is 0 Å². The Morgan fingerprint density at radius 2 is 0.659 bits per heavy atom. The molecule has 0 unspecified atom stereocenters. The highest BCUT2D eigenvalue weighted by Gasteiger charge is 2.48. The van der Waals surface area contributed by atoms with Gasteiger partial charge in [-0.15, -0.1) is 0 Å². The molecule has 0 amide bonds. The Morgan fingerprint density at radius 3 is 1.21 bits per heavy atom. The summed E-state index contributed by atoms with van der Waals surface area (Å²) in [6.45, 7) is 4.73. The van der Waals surface area contributed by atoms with E-state index in [1.165, 1.54) is 116 Å². The topological polar surface area (TPSA) is 8.17 Å². The van der Waals surface area contributed by atoms with Gasteiger partial charge in [0.15, 0.2) is 0 Å². The Balaban J connectivity index is 0.843. The van der Waals surface area contributed by atoms with Gasteiger partial charge >= 0.3 is 0 Å². The molecule has 2 heteroatoms. The normalized spacial score (nSPS) is 14.3. The van der Waals surface area contributed by atoms with Crippen LogP contribution in [0.25, 0.3) is 72.0 Å². The molecule has 13 aromatic carbocycles. The number of aromatic nitrogens is 1. The predicted molar refractivity (Wildman–Crippen MR) is 353 cm³/mol. The minimum absolute atomic E-state index is 0.116. The first kappa shape index (κ1) is 49.1. The van der Waals surface area contributed by atoms with E-state index in [1.807, 2.05) is 0 Å². The monoisotopic (exact) mass is 1080 g/mol. The molecule has 17 rings (SSSR count). The van der Waals surface area contributed by atoms with E-state index in [0.29, 0.717) is 0 Å². The zero-order chi connectivity index (χ0) is 56.4. The third-order valence-electron chi connectivity index (χ3n) is 19.4. The van der Waals surface area contributed by atoms with Gasteiger partial charge in [-0.1, -0.05) is 257 Å². The molecule has 1 aromatic heterocycles. The Bertz CT molecular complexity index is 4880. The fourth-order valence-electron chi connectivity index (χ4n) is 15.7. The summed E-state index contributed by atoms with van der Waals surface area (Å²) in [7, 11) is 0. The molecule has 14 aromatic rings. The Kier molecular flexibility index (Phi) is 10.8. The van der Waals surface area contributed by atoms with Crippen molar-refractivity contribution in [2.45, 2.75) is 30.1 Å². The van der Waals surface area contributed by atoms with E-state index in [4.69, 9.17) is 0 Å². The van der Waals surface area contributed by atoms with Crippen molar-refractivity contribution in [3.05, 3.63) is 371 Å². The lowest BCUT2D eigenvalue weighted by Crippen LogP contribution is -2.28. The number of rotatable bonds is 9. The fraction of sp³-hybridized carbons (Fsp3) is 0.0602. The highest BCUT2D eigenvalue weighted by atomic mass is 15.1. The zero-order valence-electron chi connectivity index (χ0n) is 47.4. The Morgan fingerprint density at radius 1 is 0.259 bits per heavy atom. The predicted octanol–water partition coefficient (Wildman–Crippen LogP) is 21.0. The van der Waals surface area contributed by atoms with Gasteiger partial charge in [-0.05, 0) is 173 Å². The molecule has 85 heavy (non-hydrogen) atoms. The maximum Gasteiger partial charge on any atom is 0.0714 e. The van der Waals surface area contributed by atoms with Gasteiger partial charge in [0.2, 0.25) is 0 Å². The van der Waals surface area contributed by atoms with Crippen LogP contribution < -0.4 is 4.90 Å². The fourth-order valence-corrected chi connectivity index (χ4v) is 15.7. The van der Waals surface area contributed by atoms with Gasteiger partial charge in [0, 0.05) is 38.9 Å². The van der Waals surface area contributed by atoms with E-state index >= 15 is 0 Å². The molecule has 2 nitrogen and oxygen atoms in total. The molecule has 0 spiro atoms. The first-order chi connectivity index (χ1) is 41.9. The zero-order valence-corrected chi connectivity index (χ0v) is 47.4. The first-order valence-corrected chi connectivity index (χ1v) is 29.8. The lowest BCUT2D eigenvalue weighted by atomic mass is 9.67. The van der Waals surface area contributed by atoms with Crippen molar-refractivity contribution in [3.63, 3.8) is 0 Å². The van der Waals surface area contributed by atoms with Gasteiger partial charge in [0.05, 0.1) is 21.9 Å². The van der Waals surface area contributed by atoms with E-state index in [2.05, 4.69) is 339 Å². The van der Waals surface area contributed by atoms with Crippen molar-refractivity contribution in [1.29, 1.82) is 0 Å². The van der Waals surface area contributed by atoms with Crippen LogP contribution in [0, 0.1) is 0 Å². The molecular weight excluding hydrogens is 1020 g/mol. The molecule has 0 saturated carbocycles. The number of para-hydroxylation sites is 1. The molecule has 0 aliphatic heterocycles. The van der Waals surface area contributed by atoms with Crippen molar-refractivity contribution in [1.82, 2.24) is 4.57 Å². The summed E-state index contributed by atoms with van der Waals surface area (Å²) in [5.74, 6) is 0. The second-order valence-corrected chi connectivity index (χ2v) is 23.9. The lowest BCUT2D eigenvalue weighted by molar-refractivity contribution is 0.660. The van der Waals surface area contributed by atoms with Gasteiger partial charge in [-0.3, -0.25) is 0 Å². The molecule has 0 fully saturated rings. The van der Waals surface area contributed by atoms with E-state index < -0.39 is 10.8 Å². The number of hydrogen-bond acceptors (Lipinski definition) is 1. The maximum atomic E-state index is 2.50. The number of hydrogen-bond donors (Lipinski definition) is 0. The van der Waals surface area contributed by atoms with Crippen molar-refractivity contribution in [2.24, 2.45) is 0 Å². The summed E-state index contributed by atoms with van der Waals surface area (Å²) in [6, 6.07) is 118. The highest BCUT2D eigenvalue weighted by molar-refractivity contribution is 6.11. The van der Waals surface area contributed by atoms with E-state index in [1.54, 1.807) is 0 Å². The van der Waals surface area contributed by atoms with Crippen LogP contribution in [-0.4, -0.2) is 4.57 Å². The van der Waals surface area contributed by atoms with Crippen LogP contribution in [0.15, 0.2) is 315 Å². The third kappa shape index (κ3) is 7.00. The van der Waals surface area contributed by atoms with E-state index in [0.717, 1.165) is 28.3 Å². The number of nitrogens with zero attached hydrogens (tertiary/aromatic N) is 2. The van der Waals surface area contributed by atoms with Crippen molar-refractivity contribution >= 4 is 38.9 Å². The van der Waals surface area contributed by atoms with Gasteiger partial charge in [-0.25, -0.2) is 0 Å². The summed E-state index contributed by atoms with van der Waals surface area (Å²) in [6.07, 6.45) is 0. The van der Waals surface area contributed by atoms with Crippen LogP contribution >= 0.6 is 0 Å². The lowest BCUT2D eigenvalue weighted by Gasteiger charge is -2.35. The van der Waals surface area contributed by atoms with E-state index in [9.17, 15) is 0 Å². The van der Waals surface area contributed by atoms with Crippen LogP contribution in [0.3, 0.4) is 0 Å². The van der Waals surface area contributed by atoms with Crippen LogP contribution in [0.4, 0.5) is 17.1 Å². The molecule has 0 atom stereocenters. The minimum Gasteiger partial charge on any atom is -0.310 e. The van der Waals surface area contributed by atoms with Crippen molar-refractivity contribution in [3.8, 4) is 50.2 Å². The van der Waals surface area contributed by atoms with Gasteiger partial charge in [0.25, 0.3) is 0 Å². The van der Waals surface area contributed by atoms with Crippen molar-refractivity contribution < 1.29 is 0 Å². The SMILES string of the molecule is CC1(C)c2ccccc2-c2cc(N(c3ccc(-c4ccc5c(c4)c4cc(C6(c7ccccc7)c7ccccc7-c7ccccc76)ccc4n5-c4ccccc4)cc3)c3cccc(C4(c5ccccc5)c5ccccc5-c5ccccc54)c3)ccc21. The average Bonchev–Trinajstić information content (AvgIpc) is 1.66. The Hall–Kier alpha value is -10.5. The van der Waals surface area contributed by atoms with Crippen LogP contribution in [-0.2, 0) is 16.2 Å². The molecular formula is C83H58N2. The van der Waals surface area contributed by atoms with E-state index in [-0.39, 0.29) is 5.41 Å². The second kappa shape index (κ2) is 18.7. The number of benzene rings is 13. The largest absolute Gasteiger partial charge is 0.310 e. The smallest absolute Gasteiger partial charge is 0.0714 e. The minimum atomic E-state index is -0.544. The molecule has 0 radical (unpaired) electrons. The molecule has 3 aliphatic rings. The average molecular weight is 1080 g/mol. The van der Waals surface area contributed by atoms with Crippen molar-refractivity contribution in [2.75, 3.05) is 4.90 Å². The van der Waals surface area contributed by atoms with Crippen LogP contribution in [0.5, 0.6) is 0 Å². The number of anilines is 3.